The highest BCUT2D eigenvalue weighted by molar-refractivity contribution is 6.19. The van der Waals surface area contributed by atoms with Crippen LogP contribution < -0.4 is 0 Å². The van der Waals surface area contributed by atoms with Crippen molar-refractivity contribution in [2.24, 2.45) is 17.0 Å². The minimum Gasteiger partial charge on any atom is -0.468 e. The Morgan fingerprint density at radius 1 is 1.38 bits per heavy atom. The summed E-state index contributed by atoms with van der Waals surface area (Å²) >= 11 is 0. The van der Waals surface area contributed by atoms with Gasteiger partial charge in [0.25, 0.3) is 0 Å². The first-order valence-corrected chi connectivity index (χ1v) is 5.60. The number of rotatable bonds is 2. The SMILES string of the molecule is COC(=O)C1C(=O)ON=C1C1CCCCC1. The van der Waals surface area contributed by atoms with E-state index in [9.17, 15) is 9.59 Å². The van der Waals surface area contributed by atoms with Crippen molar-refractivity contribution < 1.29 is 19.2 Å². The summed E-state index contributed by atoms with van der Waals surface area (Å²) in [6, 6.07) is 0. The van der Waals surface area contributed by atoms with Gasteiger partial charge in [-0.1, -0.05) is 24.4 Å². The molecule has 1 unspecified atom stereocenters. The Bertz CT molecular complexity index is 331. The molecule has 0 spiro atoms. The Morgan fingerprint density at radius 2 is 2.06 bits per heavy atom. The van der Waals surface area contributed by atoms with Crippen LogP contribution in [0.4, 0.5) is 0 Å². The molecule has 0 radical (unpaired) electrons. The molecule has 0 N–H and O–H groups in total. The summed E-state index contributed by atoms with van der Waals surface area (Å²) in [5.74, 6) is -1.89. The highest BCUT2D eigenvalue weighted by atomic mass is 16.7. The first-order valence-electron chi connectivity index (χ1n) is 5.60. The van der Waals surface area contributed by atoms with E-state index < -0.39 is 17.9 Å². The smallest absolute Gasteiger partial charge is 0.355 e. The van der Waals surface area contributed by atoms with E-state index in [0.717, 1.165) is 25.7 Å². The zero-order valence-corrected chi connectivity index (χ0v) is 9.27. The highest BCUT2D eigenvalue weighted by Crippen LogP contribution is 2.30. The molecule has 88 valence electrons. The molecular weight excluding hydrogens is 210 g/mol. The van der Waals surface area contributed by atoms with Gasteiger partial charge in [0, 0.05) is 5.92 Å². The van der Waals surface area contributed by atoms with Gasteiger partial charge in [-0.2, -0.15) is 0 Å². The van der Waals surface area contributed by atoms with E-state index in [0.29, 0.717) is 5.71 Å². The molecule has 2 aliphatic rings. The number of carbonyl (C=O) groups excluding carboxylic acids is 2. The Hall–Kier alpha value is -1.39. The lowest BCUT2D eigenvalue weighted by Gasteiger charge is -2.22. The number of hydrogen-bond donors (Lipinski definition) is 0. The van der Waals surface area contributed by atoms with E-state index in [1.54, 1.807) is 0 Å². The van der Waals surface area contributed by atoms with E-state index >= 15 is 0 Å². The van der Waals surface area contributed by atoms with Crippen LogP contribution in [0.2, 0.25) is 0 Å². The largest absolute Gasteiger partial charge is 0.468 e. The zero-order chi connectivity index (χ0) is 11.5. The number of ether oxygens (including phenoxy) is 1. The van der Waals surface area contributed by atoms with Crippen molar-refractivity contribution in [2.45, 2.75) is 32.1 Å². The van der Waals surface area contributed by atoms with Crippen molar-refractivity contribution in [1.29, 1.82) is 0 Å². The molecule has 1 aliphatic carbocycles. The van der Waals surface area contributed by atoms with Crippen LogP contribution >= 0.6 is 0 Å². The molecule has 0 bridgehead atoms. The molecular formula is C11H15NO4. The van der Waals surface area contributed by atoms with Gasteiger partial charge in [-0.15, -0.1) is 0 Å². The summed E-state index contributed by atoms with van der Waals surface area (Å²) in [6.07, 6.45) is 5.39. The third kappa shape index (κ3) is 1.94. The number of oxime groups is 1. The average molecular weight is 225 g/mol. The molecule has 1 atom stereocenters. The van der Waals surface area contributed by atoms with Gasteiger partial charge in [0.1, 0.15) is 0 Å². The minimum absolute atomic E-state index is 0.198. The second-order valence-electron chi connectivity index (χ2n) is 4.22. The van der Waals surface area contributed by atoms with Gasteiger partial charge in [0.15, 0.2) is 5.92 Å². The molecule has 2 rings (SSSR count). The fourth-order valence-corrected chi connectivity index (χ4v) is 2.37. The topological polar surface area (TPSA) is 65.0 Å². The number of nitrogens with zero attached hydrogens (tertiary/aromatic N) is 1. The van der Waals surface area contributed by atoms with E-state index in [-0.39, 0.29) is 5.92 Å². The molecule has 1 heterocycles. The van der Waals surface area contributed by atoms with Crippen LogP contribution in [-0.2, 0) is 19.2 Å². The quantitative estimate of drug-likeness (QED) is 0.403. The van der Waals surface area contributed by atoms with Gasteiger partial charge in [0.2, 0.25) is 0 Å². The standard InChI is InChI=1S/C11H15NO4/c1-15-10(13)8-9(12-16-11(8)14)7-5-3-2-4-6-7/h7-8H,2-6H2,1H3. The predicted octanol–water partition coefficient (Wildman–Crippen LogP) is 1.27. The van der Waals surface area contributed by atoms with Crippen LogP contribution in [-0.4, -0.2) is 24.8 Å². The van der Waals surface area contributed by atoms with E-state index in [2.05, 4.69) is 14.7 Å². The predicted molar refractivity (Wildman–Crippen MR) is 55.6 cm³/mol. The summed E-state index contributed by atoms with van der Waals surface area (Å²) in [5.41, 5.74) is 0.566. The molecule has 5 nitrogen and oxygen atoms in total. The van der Waals surface area contributed by atoms with Gasteiger partial charge >= 0.3 is 11.9 Å². The first kappa shape index (κ1) is 11.1. The maximum absolute atomic E-state index is 11.5. The van der Waals surface area contributed by atoms with E-state index in [1.807, 2.05) is 0 Å². The maximum atomic E-state index is 11.5. The Morgan fingerprint density at radius 3 is 2.69 bits per heavy atom. The van der Waals surface area contributed by atoms with Gasteiger partial charge in [-0.25, -0.2) is 4.79 Å². The Labute approximate surface area is 93.8 Å². The second-order valence-corrected chi connectivity index (χ2v) is 4.22. The fraction of sp³-hybridized carbons (Fsp3) is 0.727. The monoisotopic (exact) mass is 225 g/mol. The van der Waals surface area contributed by atoms with Crippen LogP contribution in [0.25, 0.3) is 0 Å². The van der Waals surface area contributed by atoms with Crippen molar-refractivity contribution in [3.05, 3.63) is 0 Å². The van der Waals surface area contributed by atoms with E-state index in [1.165, 1.54) is 13.5 Å². The van der Waals surface area contributed by atoms with Crippen molar-refractivity contribution in [2.75, 3.05) is 7.11 Å². The molecule has 0 saturated heterocycles. The molecule has 1 saturated carbocycles. The van der Waals surface area contributed by atoms with Crippen LogP contribution in [0.5, 0.6) is 0 Å². The Kier molecular flexibility index (Phi) is 3.22. The fourth-order valence-electron chi connectivity index (χ4n) is 2.37. The van der Waals surface area contributed by atoms with Crippen LogP contribution in [0, 0.1) is 11.8 Å². The minimum atomic E-state index is -0.923. The van der Waals surface area contributed by atoms with Crippen molar-refractivity contribution >= 4 is 17.7 Å². The lowest BCUT2D eigenvalue weighted by molar-refractivity contribution is -0.154. The van der Waals surface area contributed by atoms with Crippen molar-refractivity contribution in [3.8, 4) is 0 Å². The second kappa shape index (κ2) is 4.63. The third-order valence-electron chi connectivity index (χ3n) is 3.23. The average Bonchev–Trinajstić information content (AvgIpc) is 2.71. The number of methoxy groups -OCH3 is 1. The zero-order valence-electron chi connectivity index (χ0n) is 9.27. The van der Waals surface area contributed by atoms with Crippen molar-refractivity contribution in [3.63, 3.8) is 0 Å². The number of hydrogen-bond acceptors (Lipinski definition) is 5. The molecule has 0 aromatic heterocycles. The van der Waals surface area contributed by atoms with Gasteiger partial charge in [-0.05, 0) is 12.8 Å². The molecule has 0 aromatic rings. The summed E-state index contributed by atoms with van der Waals surface area (Å²) in [6.45, 7) is 0. The van der Waals surface area contributed by atoms with Gasteiger partial charge in [-0.3, -0.25) is 4.79 Å². The molecule has 1 aliphatic heterocycles. The van der Waals surface area contributed by atoms with Gasteiger partial charge < -0.3 is 9.57 Å². The summed E-state index contributed by atoms with van der Waals surface area (Å²) < 4.78 is 4.61. The molecule has 0 amide bonds. The molecule has 5 heteroatoms. The van der Waals surface area contributed by atoms with Crippen LogP contribution in [0.1, 0.15) is 32.1 Å². The van der Waals surface area contributed by atoms with Crippen molar-refractivity contribution in [1.82, 2.24) is 0 Å². The van der Waals surface area contributed by atoms with E-state index in [4.69, 9.17) is 0 Å². The first-order chi connectivity index (χ1) is 7.74. The van der Waals surface area contributed by atoms with Crippen LogP contribution in [0.3, 0.4) is 0 Å². The summed E-state index contributed by atoms with van der Waals surface area (Å²) in [4.78, 5) is 27.5. The normalized spacial score (nSPS) is 26.2. The third-order valence-corrected chi connectivity index (χ3v) is 3.23. The number of esters is 1. The lowest BCUT2D eigenvalue weighted by atomic mass is 9.81. The Balaban J connectivity index is 2.12. The summed E-state index contributed by atoms with van der Waals surface area (Å²) in [7, 11) is 1.27. The lowest BCUT2D eigenvalue weighted by Crippen LogP contribution is -2.33. The van der Waals surface area contributed by atoms with Crippen LogP contribution in [0.15, 0.2) is 5.16 Å². The highest BCUT2D eigenvalue weighted by Gasteiger charge is 2.43. The summed E-state index contributed by atoms with van der Waals surface area (Å²) in [5, 5.41) is 3.76. The molecule has 16 heavy (non-hydrogen) atoms. The molecule has 0 aromatic carbocycles. The molecule has 1 fully saturated rings. The maximum Gasteiger partial charge on any atom is 0.355 e. The number of carbonyl (C=O) groups is 2. The van der Waals surface area contributed by atoms with Gasteiger partial charge in [0.05, 0.1) is 12.8 Å².